The van der Waals surface area contributed by atoms with Crippen molar-refractivity contribution in [1.82, 2.24) is 0 Å². The molecule has 1 N–H and O–H groups in total. The molecule has 0 aliphatic carbocycles. The summed E-state index contributed by atoms with van der Waals surface area (Å²) in [6.45, 7) is 0. The first-order chi connectivity index (χ1) is 5.13. The summed E-state index contributed by atoms with van der Waals surface area (Å²) in [6.07, 6.45) is 4.00. The highest BCUT2D eigenvalue weighted by Crippen LogP contribution is 1.71. The van der Waals surface area contributed by atoms with Crippen LogP contribution in [0.4, 0.5) is 0 Å². The Balaban J connectivity index is 0.000000218. The Bertz CT molecular complexity index is 210. The van der Waals surface area contributed by atoms with Crippen molar-refractivity contribution in [2.75, 3.05) is 0 Å². The quantitative estimate of drug-likeness (QED) is 0.440. The fraction of sp³-hybridized carbons (Fsp3) is 0.167. The van der Waals surface area contributed by atoms with Crippen molar-refractivity contribution in [2.45, 2.75) is 0 Å². The van der Waals surface area contributed by atoms with Crippen LogP contribution < -0.4 is 4.57 Å². The van der Waals surface area contributed by atoms with Crippen LogP contribution in [0.2, 0.25) is 0 Å². The molecule has 0 amide bonds. The molecule has 1 unspecified atom stereocenters. The first-order valence-electron chi connectivity index (χ1n) is 2.81. The monoisotopic (exact) mass is 175 g/mol. The SMILES string of the molecule is C[n+]1ccccc1.O=S([O-])O. The van der Waals surface area contributed by atoms with Crippen molar-refractivity contribution in [1.29, 1.82) is 0 Å². The molecule has 0 radical (unpaired) electrons. The van der Waals surface area contributed by atoms with E-state index in [0.717, 1.165) is 0 Å². The average molecular weight is 175 g/mol. The van der Waals surface area contributed by atoms with E-state index in [1.165, 1.54) is 0 Å². The molecular formula is C6H9NO3S. The summed E-state index contributed by atoms with van der Waals surface area (Å²) in [5, 5.41) is 0. The number of pyridine rings is 1. The molecular weight excluding hydrogens is 166 g/mol. The topological polar surface area (TPSA) is 64.2 Å². The fourth-order valence-electron chi connectivity index (χ4n) is 0.485. The van der Waals surface area contributed by atoms with Gasteiger partial charge in [0.05, 0.1) is 11.4 Å². The molecule has 4 nitrogen and oxygen atoms in total. The van der Waals surface area contributed by atoms with Gasteiger partial charge in [-0.25, -0.2) is 8.78 Å². The smallest absolute Gasteiger partial charge is 0.168 e. The summed E-state index contributed by atoms with van der Waals surface area (Å²) in [4.78, 5) is 0. The van der Waals surface area contributed by atoms with Gasteiger partial charge < -0.3 is 9.11 Å². The van der Waals surface area contributed by atoms with Crippen molar-refractivity contribution < 1.29 is 17.9 Å². The Morgan fingerprint density at radius 3 is 1.91 bits per heavy atom. The molecule has 0 aromatic carbocycles. The molecule has 5 heteroatoms. The fourth-order valence-corrected chi connectivity index (χ4v) is 0.485. The summed E-state index contributed by atoms with van der Waals surface area (Å²) >= 11 is -2.86. The van der Waals surface area contributed by atoms with Gasteiger partial charge in [-0.1, -0.05) is 6.07 Å². The van der Waals surface area contributed by atoms with Crippen LogP contribution in [-0.2, 0) is 18.4 Å². The largest absolute Gasteiger partial charge is 0.750 e. The van der Waals surface area contributed by atoms with E-state index in [1.807, 2.05) is 42.2 Å². The lowest BCUT2D eigenvalue weighted by Gasteiger charge is -1.83. The summed E-state index contributed by atoms with van der Waals surface area (Å²) in [5.41, 5.74) is 0. The summed E-state index contributed by atoms with van der Waals surface area (Å²) < 4.78 is 26.1. The predicted molar refractivity (Wildman–Crippen MR) is 39.2 cm³/mol. The van der Waals surface area contributed by atoms with E-state index >= 15 is 0 Å². The van der Waals surface area contributed by atoms with Crippen LogP contribution in [0.3, 0.4) is 0 Å². The second-order valence-corrected chi connectivity index (χ2v) is 2.19. The van der Waals surface area contributed by atoms with Crippen LogP contribution in [-0.4, -0.2) is 13.3 Å². The highest BCUT2D eigenvalue weighted by atomic mass is 32.2. The molecule has 1 atom stereocenters. The maximum atomic E-state index is 8.56. The molecule has 0 aliphatic heterocycles. The Labute approximate surface area is 67.6 Å². The van der Waals surface area contributed by atoms with E-state index in [0.29, 0.717) is 0 Å². The van der Waals surface area contributed by atoms with Crippen LogP contribution in [0.1, 0.15) is 0 Å². The van der Waals surface area contributed by atoms with Crippen LogP contribution in [0.25, 0.3) is 0 Å². The third-order valence-corrected chi connectivity index (χ3v) is 0.865. The zero-order valence-electron chi connectivity index (χ0n) is 6.01. The molecule has 1 aromatic rings. The maximum absolute atomic E-state index is 8.56. The van der Waals surface area contributed by atoms with E-state index in [9.17, 15) is 0 Å². The van der Waals surface area contributed by atoms with Crippen molar-refractivity contribution in [3.8, 4) is 0 Å². The molecule has 0 saturated carbocycles. The highest BCUT2D eigenvalue weighted by molar-refractivity contribution is 7.73. The van der Waals surface area contributed by atoms with Crippen LogP contribution in [0.15, 0.2) is 30.6 Å². The first kappa shape index (κ1) is 10.2. The summed E-state index contributed by atoms with van der Waals surface area (Å²) in [6, 6.07) is 6.00. The second kappa shape index (κ2) is 5.96. The molecule has 0 spiro atoms. The molecule has 1 rings (SSSR count). The Morgan fingerprint density at radius 2 is 1.73 bits per heavy atom. The van der Waals surface area contributed by atoms with Gasteiger partial charge >= 0.3 is 0 Å². The molecule has 11 heavy (non-hydrogen) atoms. The number of aromatic nitrogens is 1. The molecule has 1 heterocycles. The van der Waals surface area contributed by atoms with Gasteiger partial charge in [0.25, 0.3) is 0 Å². The average Bonchev–Trinajstić information content (AvgIpc) is 1.87. The molecule has 0 bridgehead atoms. The van der Waals surface area contributed by atoms with E-state index in [1.54, 1.807) is 0 Å². The Hall–Kier alpha value is -0.780. The van der Waals surface area contributed by atoms with Crippen LogP contribution in [0, 0.1) is 0 Å². The number of hydrogen-bond donors (Lipinski definition) is 1. The van der Waals surface area contributed by atoms with Crippen molar-refractivity contribution in [2.24, 2.45) is 7.05 Å². The Kier molecular flexibility index (Phi) is 5.54. The maximum Gasteiger partial charge on any atom is 0.168 e. The van der Waals surface area contributed by atoms with Crippen molar-refractivity contribution in [3.63, 3.8) is 0 Å². The van der Waals surface area contributed by atoms with Crippen LogP contribution >= 0.6 is 0 Å². The molecule has 0 aliphatic rings. The molecule has 1 aromatic heterocycles. The van der Waals surface area contributed by atoms with Gasteiger partial charge in [-0.3, -0.25) is 0 Å². The standard InChI is InChI=1S/C6H8N.H2O3S/c1-7-5-3-2-4-6-7;1-4(2)3/h2-6H,1H3;(H2,1,2,3)/q+1;/p-1. The zero-order chi connectivity index (χ0) is 8.69. The first-order valence-corrected chi connectivity index (χ1v) is 3.84. The van der Waals surface area contributed by atoms with Gasteiger partial charge in [0.15, 0.2) is 12.4 Å². The van der Waals surface area contributed by atoms with Gasteiger partial charge in [-0.05, 0) is 0 Å². The third-order valence-electron chi connectivity index (χ3n) is 0.865. The second-order valence-electron chi connectivity index (χ2n) is 1.76. The molecule has 0 saturated heterocycles. The van der Waals surface area contributed by atoms with E-state index in [-0.39, 0.29) is 0 Å². The van der Waals surface area contributed by atoms with Gasteiger partial charge in [-0.15, -0.1) is 0 Å². The minimum absolute atomic E-state index is 2.00. The molecule has 62 valence electrons. The van der Waals surface area contributed by atoms with Crippen molar-refractivity contribution >= 4 is 11.4 Å². The highest BCUT2D eigenvalue weighted by Gasteiger charge is 1.78. The van der Waals surface area contributed by atoms with E-state index in [2.05, 4.69) is 0 Å². The van der Waals surface area contributed by atoms with Crippen molar-refractivity contribution in [3.05, 3.63) is 30.6 Å². The number of rotatable bonds is 0. The lowest BCUT2D eigenvalue weighted by Crippen LogP contribution is -2.25. The summed E-state index contributed by atoms with van der Waals surface area (Å²) in [7, 11) is 2.00. The predicted octanol–water partition coefficient (Wildman–Crippen LogP) is -0.150. The van der Waals surface area contributed by atoms with Gasteiger partial charge in [-0.2, -0.15) is 0 Å². The summed E-state index contributed by atoms with van der Waals surface area (Å²) in [5.74, 6) is 0. The van der Waals surface area contributed by atoms with Gasteiger partial charge in [0.2, 0.25) is 0 Å². The van der Waals surface area contributed by atoms with Crippen LogP contribution in [0.5, 0.6) is 0 Å². The molecule has 0 fully saturated rings. The van der Waals surface area contributed by atoms with Gasteiger partial charge in [0.1, 0.15) is 7.05 Å². The number of hydrogen-bond acceptors (Lipinski definition) is 2. The lowest BCUT2D eigenvalue weighted by atomic mass is 10.5. The zero-order valence-corrected chi connectivity index (χ0v) is 6.82. The van der Waals surface area contributed by atoms with E-state index < -0.39 is 11.4 Å². The number of nitrogens with zero attached hydrogens (tertiary/aromatic N) is 1. The number of aryl methyl sites for hydroxylation is 1. The van der Waals surface area contributed by atoms with Gasteiger partial charge in [0, 0.05) is 12.1 Å². The Morgan fingerprint density at radius 1 is 1.36 bits per heavy atom. The van der Waals surface area contributed by atoms with E-state index in [4.69, 9.17) is 13.3 Å². The normalized spacial score (nSPS) is 11.2. The minimum Gasteiger partial charge on any atom is -0.750 e. The minimum atomic E-state index is -2.86. The lowest BCUT2D eigenvalue weighted by molar-refractivity contribution is -0.671. The third kappa shape index (κ3) is 9.22.